The average molecular weight is 426 g/mol. The highest BCUT2D eigenvalue weighted by Gasteiger charge is 2.37. The highest BCUT2D eigenvalue weighted by Crippen LogP contribution is 2.21. The van der Waals surface area contributed by atoms with Crippen LogP contribution >= 0.6 is 11.8 Å². The quantitative estimate of drug-likeness (QED) is 0.596. The second-order valence-electron chi connectivity index (χ2n) is 6.42. The van der Waals surface area contributed by atoms with Gasteiger partial charge < -0.3 is 10.6 Å². The molecule has 1 atom stereocenters. The second-order valence-corrected chi connectivity index (χ2v) is 7.53. The van der Waals surface area contributed by atoms with Crippen molar-refractivity contribution in [2.45, 2.75) is 32.0 Å². The molecule has 156 valence electrons. The minimum absolute atomic E-state index is 0.242. The Morgan fingerprint density at radius 2 is 1.76 bits per heavy atom. The molecular weight excluding hydrogens is 405 g/mol. The summed E-state index contributed by atoms with van der Waals surface area (Å²) in [6.07, 6.45) is -4.22. The number of thioether (sulfide) groups is 1. The standard InChI is InChI=1S/C20H21F3N2O3S/c1-13(26)24-17(7-4-10-29-12-18(27)20(21,22)23)19(28)25-16-9-8-14-5-2-3-6-15(14)11-16/h2-3,5-6,8-9,11,17H,4,7,10,12H2,1H3,(H,24,26)(H,25,28)/t17-/m0/s1. The van der Waals surface area contributed by atoms with E-state index in [1.54, 1.807) is 6.07 Å². The van der Waals surface area contributed by atoms with Crippen molar-refractivity contribution < 1.29 is 27.6 Å². The van der Waals surface area contributed by atoms with Crippen LogP contribution in [0.25, 0.3) is 10.8 Å². The van der Waals surface area contributed by atoms with Crippen molar-refractivity contribution in [3.05, 3.63) is 42.5 Å². The normalized spacial score (nSPS) is 12.4. The molecule has 2 aromatic carbocycles. The molecule has 0 bridgehead atoms. The number of benzene rings is 2. The van der Waals surface area contributed by atoms with Gasteiger partial charge in [-0.1, -0.05) is 30.3 Å². The molecule has 9 heteroatoms. The molecule has 0 fully saturated rings. The van der Waals surface area contributed by atoms with E-state index >= 15 is 0 Å². The molecule has 5 nitrogen and oxygen atoms in total. The molecule has 2 amide bonds. The van der Waals surface area contributed by atoms with Gasteiger partial charge in [-0.2, -0.15) is 24.9 Å². The lowest BCUT2D eigenvalue weighted by molar-refractivity contribution is -0.167. The zero-order chi connectivity index (χ0) is 21.4. The van der Waals surface area contributed by atoms with E-state index in [1.807, 2.05) is 36.4 Å². The van der Waals surface area contributed by atoms with Gasteiger partial charge in [-0.05, 0) is 41.5 Å². The van der Waals surface area contributed by atoms with Crippen LogP contribution in [0.2, 0.25) is 0 Å². The minimum Gasteiger partial charge on any atom is -0.345 e. The Morgan fingerprint density at radius 1 is 1.07 bits per heavy atom. The van der Waals surface area contributed by atoms with Crippen LogP contribution in [0, 0.1) is 0 Å². The SMILES string of the molecule is CC(=O)N[C@@H](CCCSCC(=O)C(F)(F)F)C(=O)Nc1ccc2ccccc2c1. The first kappa shape index (κ1) is 22.7. The number of anilines is 1. The zero-order valence-electron chi connectivity index (χ0n) is 15.7. The summed E-state index contributed by atoms with van der Waals surface area (Å²) in [7, 11) is 0. The average Bonchev–Trinajstić information content (AvgIpc) is 2.65. The number of fused-ring (bicyclic) bond motifs is 1. The molecule has 0 aliphatic heterocycles. The topological polar surface area (TPSA) is 75.3 Å². The molecule has 0 saturated heterocycles. The van der Waals surface area contributed by atoms with Gasteiger partial charge in [-0.3, -0.25) is 14.4 Å². The van der Waals surface area contributed by atoms with Gasteiger partial charge in [0.15, 0.2) is 0 Å². The van der Waals surface area contributed by atoms with Gasteiger partial charge >= 0.3 is 6.18 Å². The lowest BCUT2D eigenvalue weighted by atomic mass is 10.1. The first-order chi connectivity index (χ1) is 13.7. The molecule has 0 spiro atoms. The Balaban J connectivity index is 1.89. The third-order valence-electron chi connectivity index (χ3n) is 4.04. The number of carbonyl (C=O) groups is 3. The highest BCUT2D eigenvalue weighted by molar-refractivity contribution is 7.99. The van der Waals surface area contributed by atoms with Crippen LogP contribution in [0.15, 0.2) is 42.5 Å². The van der Waals surface area contributed by atoms with Crippen LogP contribution in [-0.2, 0) is 14.4 Å². The molecule has 2 N–H and O–H groups in total. The lowest BCUT2D eigenvalue weighted by Gasteiger charge is -2.18. The maximum atomic E-state index is 12.6. The zero-order valence-corrected chi connectivity index (χ0v) is 16.5. The van der Waals surface area contributed by atoms with Gasteiger partial charge in [-0.25, -0.2) is 0 Å². The van der Waals surface area contributed by atoms with Crippen molar-refractivity contribution in [2.75, 3.05) is 16.8 Å². The van der Waals surface area contributed by atoms with Crippen LogP contribution in [0.1, 0.15) is 19.8 Å². The fourth-order valence-electron chi connectivity index (χ4n) is 2.65. The number of hydrogen-bond acceptors (Lipinski definition) is 4. The molecule has 0 aliphatic rings. The van der Waals surface area contributed by atoms with Gasteiger partial charge in [0.05, 0.1) is 5.75 Å². The summed E-state index contributed by atoms with van der Waals surface area (Å²) in [5, 5.41) is 7.28. The van der Waals surface area contributed by atoms with E-state index in [0.717, 1.165) is 22.5 Å². The summed E-state index contributed by atoms with van der Waals surface area (Å²) in [5.41, 5.74) is 0.578. The Morgan fingerprint density at radius 3 is 2.41 bits per heavy atom. The second kappa shape index (κ2) is 10.3. The van der Waals surface area contributed by atoms with E-state index < -0.39 is 29.7 Å². The van der Waals surface area contributed by atoms with Crippen molar-refractivity contribution in [2.24, 2.45) is 0 Å². The van der Waals surface area contributed by atoms with Crippen LogP contribution < -0.4 is 10.6 Å². The number of halogens is 3. The molecule has 0 radical (unpaired) electrons. The Hall–Kier alpha value is -2.55. The maximum absolute atomic E-state index is 12.6. The smallest absolute Gasteiger partial charge is 0.345 e. The van der Waals surface area contributed by atoms with Gasteiger partial charge in [0.1, 0.15) is 6.04 Å². The molecular formula is C20H21F3N2O3S. The van der Waals surface area contributed by atoms with E-state index in [9.17, 15) is 27.6 Å². The summed E-state index contributed by atoms with van der Waals surface area (Å²) < 4.78 is 36.5. The number of hydrogen-bond donors (Lipinski definition) is 2. The Labute approximate surface area is 170 Å². The number of amides is 2. The summed E-state index contributed by atoms with van der Waals surface area (Å²) >= 11 is 0.852. The number of Topliss-reactive ketones (excluding diaryl/α,β-unsaturated/α-hetero) is 1. The number of alkyl halides is 3. The van der Waals surface area contributed by atoms with Crippen molar-refractivity contribution in [3.8, 4) is 0 Å². The van der Waals surface area contributed by atoms with Gasteiger partial charge in [-0.15, -0.1) is 0 Å². The van der Waals surface area contributed by atoms with Gasteiger partial charge in [0.25, 0.3) is 0 Å². The molecule has 2 aromatic rings. The molecule has 0 aliphatic carbocycles. The van der Waals surface area contributed by atoms with E-state index in [-0.39, 0.29) is 18.1 Å². The van der Waals surface area contributed by atoms with Crippen LogP contribution in [0.4, 0.5) is 18.9 Å². The highest BCUT2D eigenvalue weighted by atomic mass is 32.2. The minimum atomic E-state index is -4.83. The van der Waals surface area contributed by atoms with Crippen LogP contribution in [0.5, 0.6) is 0 Å². The van der Waals surface area contributed by atoms with Crippen LogP contribution in [0.3, 0.4) is 0 Å². The first-order valence-corrected chi connectivity index (χ1v) is 10.1. The summed E-state index contributed by atoms with van der Waals surface area (Å²) in [4.78, 5) is 34.8. The third-order valence-corrected chi connectivity index (χ3v) is 5.09. The van der Waals surface area contributed by atoms with Gasteiger partial charge in [0, 0.05) is 12.6 Å². The van der Waals surface area contributed by atoms with E-state index in [0.29, 0.717) is 12.1 Å². The molecule has 0 saturated carbocycles. The van der Waals surface area contributed by atoms with Gasteiger partial charge in [0.2, 0.25) is 17.6 Å². The molecule has 2 rings (SSSR count). The van der Waals surface area contributed by atoms with Crippen molar-refractivity contribution in [3.63, 3.8) is 0 Å². The summed E-state index contributed by atoms with van der Waals surface area (Å²) in [6, 6.07) is 12.3. The van der Waals surface area contributed by atoms with Crippen molar-refractivity contribution in [1.29, 1.82) is 0 Å². The predicted octanol–water partition coefficient (Wildman–Crippen LogP) is 3.93. The number of carbonyl (C=O) groups excluding carboxylic acids is 3. The Bertz CT molecular complexity index is 887. The van der Waals surface area contributed by atoms with Crippen LogP contribution in [-0.4, -0.2) is 41.3 Å². The lowest BCUT2D eigenvalue weighted by Crippen LogP contribution is -2.42. The predicted molar refractivity (Wildman–Crippen MR) is 108 cm³/mol. The number of nitrogens with one attached hydrogen (secondary N) is 2. The van der Waals surface area contributed by atoms with Crippen molar-refractivity contribution in [1.82, 2.24) is 5.32 Å². The first-order valence-electron chi connectivity index (χ1n) is 8.91. The third kappa shape index (κ3) is 7.41. The van der Waals surface area contributed by atoms with Crippen molar-refractivity contribution >= 4 is 45.8 Å². The van der Waals surface area contributed by atoms with E-state index in [4.69, 9.17) is 0 Å². The fraction of sp³-hybridized carbons (Fsp3) is 0.350. The van der Waals surface area contributed by atoms with E-state index in [1.165, 1.54) is 6.92 Å². The maximum Gasteiger partial charge on any atom is 0.450 e. The summed E-state index contributed by atoms with van der Waals surface area (Å²) in [5.74, 6) is -2.97. The molecule has 0 heterocycles. The Kier molecular flexibility index (Phi) is 8.07. The monoisotopic (exact) mass is 426 g/mol. The number of rotatable bonds is 9. The molecule has 29 heavy (non-hydrogen) atoms. The summed E-state index contributed by atoms with van der Waals surface area (Å²) in [6.45, 7) is 1.28. The molecule has 0 unspecified atom stereocenters. The fourth-order valence-corrected chi connectivity index (χ4v) is 3.51. The largest absolute Gasteiger partial charge is 0.450 e. The number of ketones is 1. The molecule has 0 aromatic heterocycles. The van der Waals surface area contributed by atoms with E-state index in [2.05, 4.69) is 10.6 Å².